The van der Waals surface area contributed by atoms with Gasteiger partial charge in [0.25, 0.3) is 0 Å². The quantitative estimate of drug-likeness (QED) is 0.879. The van der Waals surface area contributed by atoms with Crippen LogP contribution >= 0.6 is 0 Å². The molecule has 0 spiro atoms. The number of benzene rings is 1. The number of aromatic carboxylic acids is 1. The van der Waals surface area contributed by atoms with Gasteiger partial charge in [-0.15, -0.1) is 0 Å². The van der Waals surface area contributed by atoms with Crippen LogP contribution in [0.1, 0.15) is 41.5 Å². The van der Waals surface area contributed by atoms with Crippen molar-refractivity contribution in [3.8, 4) is 11.4 Å². The molecule has 0 bridgehead atoms. The van der Waals surface area contributed by atoms with E-state index in [1.165, 1.54) is 4.68 Å². The number of aromatic nitrogens is 2. The third-order valence-corrected chi connectivity index (χ3v) is 3.15. The number of unbranched alkanes of at least 4 members (excludes halogenated alkanes) is 1. The molecule has 20 heavy (non-hydrogen) atoms. The molecule has 0 unspecified atom stereocenters. The van der Waals surface area contributed by atoms with Gasteiger partial charge >= 0.3 is 5.97 Å². The first-order chi connectivity index (χ1) is 9.52. The molecule has 1 aromatic heterocycles. The molecule has 0 aliphatic heterocycles. The highest BCUT2D eigenvalue weighted by atomic mass is 16.4. The first-order valence-corrected chi connectivity index (χ1v) is 6.65. The smallest absolute Gasteiger partial charge is 0.356 e. The maximum atomic E-state index is 11.1. The summed E-state index contributed by atoms with van der Waals surface area (Å²) in [6.45, 7) is 3.95. The van der Waals surface area contributed by atoms with Gasteiger partial charge in [-0.25, -0.2) is 9.48 Å². The molecule has 0 aliphatic rings. The van der Waals surface area contributed by atoms with Crippen molar-refractivity contribution in [1.29, 1.82) is 0 Å². The van der Waals surface area contributed by atoms with Gasteiger partial charge in [0.05, 0.1) is 0 Å². The fourth-order valence-corrected chi connectivity index (χ4v) is 2.08. The lowest BCUT2D eigenvalue weighted by molar-refractivity contribution is 0.0690. The third kappa shape index (κ3) is 2.82. The fourth-order valence-electron chi connectivity index (χ4n) is 2.08. The lowest BCUT2D eigenvalue weighted by Crippen LogP contribution is -2.04. The first kappa shape index (κ1) is 14.1. The molecule has 0 fully saturated rings. The number of aromatic hydroxyl groups is 1. The molecule has 0 atom stereocenters. The number of phenolic OH excluding ortho intramolecular Hbond substituents is 1. The normalized spacial score (nSPS) is 10.7. The zero-order valence-corrected chi connectivity index (χ0v) is 11.6. The number of carbonyl (C=O) groups is 1. The second kappa shape index (κ2) is 5.77. The van der Waals surface area contributed by atoms with Crippen LogP contribution in [0, 0.1) is 6.92 Å². The van der Waals surface area contributed by atoms with E-state index in [0.717, 1.165) is 30.5 Å². The molecule has 0 saturated carbocycles. The summed E-state index contributed by atoms with van der Waals surface area (Å²) < 4.78 is 1.52. The van der Waals surface area contributed by atoms with Crippen molar-refractivity contribution < 1.29 is 15.0 Å². The van der Waals surface area contributed by atoms with Gasteiger partial charge in [0, 0.05) is 5.69 Å². The summed E-state index contributed by atoms with van der Waals surface area (Å²) in [5.74, 6) is -0.962. The van der Waals surface area contributed by atoms with E-state index in [9.17, 15) is 9.90 Å². The molecule has 2 aromatic rings. The van der Waals surface area contributed by atoms with Gasteiger partial charge in [-0.1, -0.05) is 19.4 Å². The monoisotopic (exact) mass is 274 g/mol. The van der Waals surface area contributed by atoms with Crippen LogP contribution in [0.4, 0.5) is 0 Å². The van der Waals surface area contributed by atoms with Crippen molar-refractivity contribution in [2.45, 2.75) is 33.1 Å². The molecule has 5 nitrogen and oxygen atoms in total. The summed E-state index contributed by atoms with van der Waals surface area (Å²) in [4.78, 5) is 11.1. The van der Waals surface area contributed by atoms with Crippen molar-refractivity contribution in [3.63, 3.8) is 0 Å². The number of carboxylic acid groups (broad SMARTS) is 1. The van der Waals surface area contributed by atoms with Crippen molar-refractivity contribution in [2.75, 3.05) is 0 Å². The lowest BCUT2D eigenvalue weighted by atomic mass is 10.1. The maximum absolute atomic E-state index is 11.1. The Balaban J connectivity index is 2.50. The summed E-state index contributed by atoms with van der Waals surface area (Å²) in [6.07, 6.45) is 2.68. The number of nitrogens with zero attached hydrogens (tertiary/aromatic N) is 2. The van der Waals surface area contributed by atoms with E-state index in [-0.39, 0.29) is 11.4 Å². The average molecular weight is 274 g/mol. The first-order valence-electron chi connectivity index (χ1n) is 6.65. The van der Waals surface area contributed by atoms with Crippen LogP contribution in [-0.4, -0.2) is 26.0 Å². The largest absolute Gasteiger partial charge is 0.506 e. The van der Waals surface area contributed by atoms with E-state index in [1.807, 2.05) is 13.0 Å². The molecule has 0 saturated heterocycles. The second-order valence-corrected chi connectivity index (χ2v) is 4.83. The molecular weight excluding hydrogens is 256 g/mol. The summed E-state index contributed by atoms with van der Waals surface area (Å²) in [6, 6.07) is 6.82. The Hall–Kier alpha value is -2.30. The predicted molar refractivity (Wildman–Crippen MR) is 75.5 cm³/mol. The Labute approximate surface area is 117 Å². The van der Waals surface area contributed by atoms with Gasteiger partial charge < -0.3 is 10.2 Å². The number of aryl methyl sites for hydroxylation is 2. The van der Waals surface area contributed by atoms with Crippen molar-refractivity contribution >= 4 is 5.97 Å². The van der Waals surface area contributed by atoms with E-state index in [0.29, 0.717) is 5.69 Å². The molecule has 106 valence electrons. The van der Waals surface area contributed by atoms with Gasteiger partial charge in [0.15, 0.2) is 5.69 Å². The van der Waals surface area contributed by atoms with Gasteiger partial charge in [-0.05, 0) is 43.5 Å². The van der Waals surface area contributed by atoms with Gasteiger partial charge in [-0.2, -0.15) is 5.10 Å². The Bertz CT molecular complexity index is 632. The van der Waals surface area contributed by atoms with Gasteiger partial charge in [0.1, 0.15) is 11.4 Å². The fraction of sp³-hybridized carbons (Fsp3) is 0.333. The summed E-state index contributed by atoms with van der Waals surface area (Å²) in [7, 11) is 0. The van der Waals surface area contributed by atoms with E-state index in [1.54, 1.807) is 18.2 Å². The molecule has 0 amide bonds. The predicted octanol–water partition coefficient (Wildman–Crippen LogP) is 2.93. The molecule has 0 aliphatic carbocycles. The zero-order chi connectivity index (χ0) is 14.7. The van der Waals surface area contributed by atoms with Crippen molar-refractivity contribution in [3.05, 3.63) is 41.2 Å². The molecule has 1 heterocycles. The van der Waals surface area contributed by atoms with Crippen LogP contribution in [0.15, 0.2) is 24.3 Å². The Kier molecular flexibility index (Phi) is 4.08. The van der Waals surface area contributed by atoms with Gasteiger partial charge in [0.2, 0.25) is 0 Å². The minimum absolute atomic E-state index is 0.00363. The van der Waals surface area contributed by atoms with Crippen LogP contribution in [0.25, 0.3) is 5.69 Å². The van der Waals surface area contributed by atoms with E-state index in [4.69, 9.17) is 5.11 Å². The highest BCUT2D eigenvalue weighted by Gasteiger charge is 2.16. The molecular formula is C15H18N2O3. The molecule has 1 aromatic carbocycles. The van der Waals surface area contributed by atoms with Crippen LogP contribution in [0.3, 0.4) is 0 Å². The molecule has 2 N–H and O–H groups in total. The van der Waals surface area contributed by atoms with Crippen LogP contribution < -0.4 is 0 Å². The van der Waals surface area contributed by atoms with Crippen LogP contribution in [0.5, 0.6) is 5.75 Å². The van der Waals surface area contributed by atoms with E-state index in [2.05, 4.69) is 12.0 Å². The molecule has 5 heteroatoms. The Morgan fingerprint density at radius 3 is 2.70 bits per heavy atom. The van der Waals surface area contributed by atoms with E-state index < -0.39 is 5.97 Å². The van der Waals surface area contributed by atoms with Crippen LogP contribution in [-0.2, 0) is 6.42 Å². The van der Waals surface area contributed by atoms with Crippen molar-refractivity contribution in [2.24, 2.45) is 0 Å². The minimum atomic E-state index is -1.06. The van der Waals surface area contributed by atoms with Gasteiger partial charge in [-0.3, -0.25) is 0 Å². The second-order valence-electron chi connectivity index (χ2n) is 4.83. The topological polar surface area (TPSA) is 75.3 Å². The Morgan fingerprint density at radius 2 is 2.10 bits per heavy atom. The number of hydrogen-bond acceptors (Lipinski definition) is 3. The third-order valence-electron chi connectivity index (χ3n) is 3.15. The number of phenols is 1. The number of hydrogen-bond donors (Lipinski definition) is 2. The SMILES string of the molecule is CCCCc1cc(C(=O)O)nn1-c1ccc(C)cc1O. The highest BCUT2D eigenvalue weighted by molar-refractivity contribution is 5.85. The highest BCUT2D eigenvalue weighted by Crippen LogP contribution is 2.25. The summed E-state index contributed by atoms with van der Waals surface area (Å²) in [5, 5.41) is 23.2. The summed E-state index contributed by atoms with van der Waals surface area (Å²) in [5.41, 5.74) is 2.24. The van der Waals surface area contributed by atoms with Crippen molar-refractivity contribution in [1.82, 2.24) is 9.78 Å². The molecule has 2 rings (SSSR count). The average Bonchev–Trinajstić information content (AvgIpc) is 2.80. The Morgan fingerprint density at radius 1 is 1.35 bits per heavy atom. The van der Waals surface area contributed by atoms with E-state index >= 15 is 0 Å². The number of rotatable bonds is 5. The zero-order valence-electron chi connectivity index (χ0n) is 11.6. The lowest BCUT2D eigenvalue weighted by Gasteiger charge is -2.09. The minimum Gasteiger partial charge on any atom is -0.506 e. The standard InChI is InChI=1S/C15H18N2O3/c1-3-4-5-11-9-12(15(19)20)16-17(11)13-7-6-10(2)8-14(13)18/h6-9,18H,3-5H2,1-2H3,(H,19,20). The van der Waals surface area contributed by atoms with Crippen LogP contribution in [0.2, 0.25) is 0 Å². The summed E-state index contributed by atoms with van der Waals surface area (Å²) >= 11 is 0. The maximum Gasteiger partial charge on any atom is 0.356 e. The molecule has 0 radical (unpaired) electrons. The number of carboxylic acids is 1.